The van der Waals surface area contributed by atoms with Crippen molar-refractivity contribution in [1.29, 1.82) is 0 Å². The molecule has 1 aliphatic rings. The Labute approximate surface area is 101 Å². The van der Waals surface area contributed by atoms with E-state index >= 15 is 0 Å². The Morgan fingerprint density at radius 3 is 2.65 bits per heavy atom. The Morgan fingerprint density at radius 1 is 1.41 bits per heavy atom. The molecule has 17 heavy (non-hydrogen) atoms. The summed E-state index contributed by atoms with van der Waals surface area (Å²) in [7, 11) is 0. The zero-order valence-corrected chi connectivity index (χ0v) is 10.5. The first-order chi connectivity index (χ1) is 8.17. The predicted octanol–water partition coefficient (Wildman–Crippen LogP) is 0.792. The molecule has 0 spiro atoms. The Kier molecular flexibility index (Phi) is 3.51. The van der Waals surface area contributed by atoms with Gasteiger partial charge in [-0.15, -0.1) is 5.10 Å². The second-order valence-corrected chi connectivity index (χ2v) is 4.45. The van der Waals surface area contributed by atoms with Gasteiger partial charge in [0.15, 0.2) is 0 Å². The number of nitrogens with zero attached hydrogens (tertiary/aromatic N) is 4. The van der Waals surface area contributed by atoms with Gasteiger partial charge in [-0.1, -0.05) is 0 Å². The van der Waals surface area contributed by atoms with Crippen LogP contribution >= 0.6 is 0 Å². The topological polar surface area (TPSA) is 80.2 Å². The minimum Gasteiger partial charge on any atom is -0.391 e. The summed E-state index contributed by atoms with van der Waals surface area (Å²) in [5.74, 6) is 1.06. The second kappa shape index (κ2) is 4.91. The van der Waals surface area contributed by atoms with E-state index < -0.39 is 0 Å². The van der Waals surface area contributed by atoms with Crippen molar-refractivity contribution >= 4 is 11.9 Å². The number of aromatic nitrogens is 3. The van der Waals surface area contributed by atoms with Crippen LogP contribution in [0.1, 0.15) is 39.2 Å². The molecule has 6 nitrogen and oxygen atoms in total. The summed E-state index contributed by atoms with van der Waals surface area (Å²) in [5.41, 5.74) is 5.88. The van der Waals surface area contributed by atoms with Crippen LogP contribution in [0.15, 0.2) is 0 Å². The highest BCUT2D eigenvalue weighted by atomic mass is 16.3. The number of aliphatic hydroxyl groups is 1. The molecule has 1 aromatic rings. The minimum absolute atomic E-state index is 0.00758. The lowest BCUT2D eigenvalue weighted by Gasteiger charge is -2.17. The molecular formula is C11H21N5O. The van der Waals surface area contributed by atoms with E-state index in [1.807, 2.05) is 4.90 Å². The van der Waals surface area contributed by atoms with Gasteiger partial charge in [-0.05, 0) is 33.1 Å². The summed E-state index contributed by atoms with van der Waals surface area (Å²) in [6.07, 6.45) is 2.42. The summed E-state index contributed by atoms with van der Waals surface area (Å²) in [5, 5.41) is 14.3. The van der Waals surface area contributed by atoms with Crippen LogP contribution < -0.4 is 10.6 Å². The number of aliphatic hydroxyl groups excluding tert-OH is 1. The molecule has 0 radical (unpaired) electrons. The molecule has 0 saturated heterocycles. The summed E-state index contributed by atoms with van der Waals surface area (Å²) in [6.45, 7) is 5.83. The molecular weight excluding hydrogens is 218 g/mol. The van der Waals surface area contributed by atoms with Crippen LogP contribution in [0.25, 0.3) is 0 Å². The lowest BCUT2D eigenvalue weighted by molar-refractivity contribution is 0.131. The highest BCUT2D eigenvalue weighted by Gasteiger charge is 2.30. The molecule has 0 aromatic carbocycles. The lowest BCUT2D eigenvalue weighted by atomic mass is 10.2. The summed E-state index contributed by atoms with van der Waals surface area (Å²) < 4.78 is 1.69. The van der Waals surface area contributed by atoms with E-state index in [2.05, 4.69) is 23.9 Å². The molecule has 1 aromatic heterocycles. The number of rotatable bonds is 4. The quantitative estimate of drug-likeness (QED) is 0.812. The molecule has 6 heteroatoms. The van der Waals surface area contributed by atoms with Gasteiger partial charge in [0.05, 0.1) is 12.1 Å². The van der Waals surface area contributed by atoms with Gasteiger partial charge < -0.3 is 15.7 Å². The molecule has 96 valence electrons. The first kappa shape index (κ1) is 12.2. The summed E-state index contributed by atoms with van der Waals surface area (Å²) in [6, 6.07) is -0.00758. The third-order valence-corrected chi connectivity index (χ3v) is 3.45. The normalized spacial score (nSPS) is 24.2. The Hall–Kier alpha value is -1.30. The predicted molar refractivity (Wildman–Crippen MR) is 66.9 cm³/mol. The monoisotopic (exact) mass is 239 g/mol. The molecule has 2 atom stereocenters. The van der Waals surface area contributed by atoms with Crippen LogP contribution in [0.2, 0.25) is 0 Å². The van der Waals surface area contributed by atoms with E-state index in [0.29, 0.717) is 11.9 Å². The van der Waals surface area contributed by atoms with Crippen LogP contribution in [0, 0.1) is 0 Å². The van der Waals surface area contributed by atoms with Gasteiger partial charge in [0.25, 0.3) is 0 Å². The Balaban J connectivity index is 2.24. The number of hydrogen-bond acceptors (Lipinski definition) is 5. The molecule has 0 bridgehead atoms. The molecule has 0 aliphatic heterocycles. The molecule has 1 saturated carbocycles. The highest BCUT2D eigenvalue weighted by Crippen LogP contribution is 2.31. The molecule has 1 fully saturated rings. The van der Waals surface area contributed by atoms with E-state index in [9.17, 15) is 5.11 Å². The fraction of sp³-hybridized carbons (Fsp3) is 0.818. The van der Waals surface area contributed by atoms with Gasteiger partial charge in [0.2, 0.25) is 11.9 Å². The molecule has 0 amide bonds. The zero-order chi connectivity index (χ0) is 12.4. The zero-order valence-electron chi connectivity index (χ0n) is 10.5. The smallest absolute Gasteiger partial charge is 0.246 e. The van der Waals surface area contributed by atoms with E-state index in [-0.39, 0.29) is 12.1 Å². The van der Waals surface area contributed by atoms with Gasteiger partial charge in [-0.2, -0.15) is 4.98 Å². The van der Waals surface area contributed by atoms with E-state index in [4.69, 9.17) is 5.73 Å². The van der Waals surface area contributed by atoms with Crippen molar-refractivity contribution in [2.75, 3.05) is 23.7 Å². The van der Waals surface area contributed by atoms with Gasteiger partial charge >= 0.3 is 0 Å². The van der Waals surface area contributed by atoms with Crippen molar-refractivity contribution in [1.82, 2.24) is 14.8 Å². The van der Waals surface area contributed by atoms with Gasteiger partial charge in [-0.25, -0.2) is 4.68 Å². The van der Waals surface area contributed by atoms with Gasteiger partial charge in [0, 0.05) is 13.1 Å². The average Bonchev–Trinajstić information content (AvgIpc) is 2.87. The van der Waals surface area contributed by atoms with Crippen molar-refractivity contribution in [2.45, 2.75) is 45.3 Å². The first-order valence-corrected chi connectivity index (χ1v) is 6.32. The molecule has 2 unspecified atom stereocenters. The van der Waals surface area contributed by atoms with Gasteiger partial charge in [0.1, 0.15) is 0 Å². The number of hydrogen-bond donors (Lipinski definition) is 2. The van der Waals surface area contributed by atoms with Crippen molar-refractivity contribution in [2.24, 2.45) is 0 Å². The van der Waals surface area contributed by atoms with Crippen LogP contribution in [0.3, 0.4) is 0 Å². The lowest BCUT2D eigenvalue weighted by Crippen LogP contribution is -2.24. The summed E-state index contributed by atoms with van der Waals surface area (Å²) >= 11 is 0. The fourth-order valence-corrected chi connectivity index (χ4v) is 2.41. The maximum atomic E-state index is 9.87. The van der Waals surface area contributed by atoms with E-state index in [1.165, 1.54) is 0 Å². The highest BCUT2D eigenvalue weighted by molar-refractivity contribution is 5.35. The average molecular weight is 239 g/mol. The second-order valence-electron chi connectivity index (χ2n) is 4.45. The molecule has 2 rings (SSSR count). The minimum atomic E-state index is -0.344. The molecule has 3 N–H and O–H groups in total. The molecule has 1 heterocycles. The maximum absolute atomic E-state index is 9.87. The van der Waals surface area contributed by atoms with Crippen LogP contribution in [-0.4, -0.2) is 39.1 Å². The fourth-order valence-electron chi connectivity index (χ4n) is 2.41. The number of anilines is 2. The van der Waals surface area contributed by atoms with Crippen LogP contribution in [0.5, 0.6) is 0 Å². The standard InChI is InChI=1S/C11H21N5O/c1-3-15(4-2)11-13-10(12)16(14-11)8-6-5-7-9(8)17/h8-9,17H,3-7H2,1-2H3,(H2,12,13,14). The summed E-state index contributed by atoms with van der Waals surface area (Å²) in [4.78, 5) is 6.33. The van der Waals surface area contributed by atoms with Crippen LogP contribution in [0.4, 0.5) is 11.9 Å². The van der Waals surface area contributed by atoms with Crippen molar-refractivity contribution in [3.8, 4) is 0 Å². The third kappa shape index (κ3) is 2.22. The number of nitrogen functional groups attached to an aromatic ring is 1. The molecule has 1 aliphatic carbocycles. The Morgan fingerprint density at radius 2 is 2.12 bits per heavy atom. The van der Waals surface area contributed by atoms with Crippen molar-refractivity contribution in [3.05, 3.63) is 0 Å². The Bertz CT molecular complexity index is 374. The van der Waals surface area contributed by atoms with Crippen LogP contribution in [-0.2, 0) is 0 Å². The van der Waals surface area contributed by atoms with Gasteiger partial charge in [-0.3, -0.25) is 0 Å². The van der Waals surface area contributed by atoms with E-state index in [1.54, 1.807) is 4.68 Å². The third-order valence-electron chi connectivity index (χ3n) is 3.45. The van der Waals surface area contributed by atoms with E-state index in [0.717, 1.165) is 32.4 Å². The largest absolute Gasteiger partial charge is 0.391 e. The maximum Gasteiger partial charge on any atom is 0.246 e. The SMILES string of the molecule is CCN(CC)c1nc(N)n(C2CCCC2O)n1. The first-order valence-electron chi connectivity index (χ1n) is 6.32. The van der Waals surface area contributed by atoms with Crippen molar-refractivity contribution < 1.29 is 5.11 Å². The van der Waals surface area contributed by atoms with Crippen molar-refractivity contribution in [3.63, 3.8) is 0 Å². The number of nitrogens with two attached hydrogens (primary N) is 1.